The van der Waals surface area contributed by atoms with E-state index in [2.05, 4.69) is 5.32 Å². The molecule has 196 valence electrons. The third kappa shape index (κ3) is 9.88. The van der Waals surface area contributed by atoms with Gasteiger partial charge in [0.25, 0.3) is 0 Å². The highest BCUT2D eigenvalue weighted by Gasteiger charge is 2.35. The fraction of sp³-hybridized carbons (Fsp3) is 0.615. The predicted octanol–water partition coefficient (Wildman–Crippen LogP) is 3.93. The van der Waals surface area contributed by atoms with Crippen molar-refractivity contribution in [2.24, 2.45) is 5.92 Å². The lowest BCUT2D eigenvalue weighted by molar-refractivity contribution is -0.155. The molecule has 0 heterocycles. The van der Waals surface area contributed by atoms with E-state index in [-0.39, 0.29) is 19.4 Å². The van der Waals surface area contributed by atoms with Gasteiger partial charge in [-0.1, -0.05) is 37.6 Å². The second-order valence-corrected chi connectivity index (χ2v) is 10.6. The van der Waals surface area contributed by atoms with Crippen LogP contribution in [0.4, 0.5) is 0 Å². The van der Waals surface area contributed by atoms with Crippen LogP contribution in [0.2, 0.25) is 6.43 Å². The molecule has 1 aromatic rings. The van der Waals surface area contributed by atoms with Gasteiger partial charge < -0.3 is 20.1 Å². The van der Waals surface area contributed by atoms with Gasteiger partial charge in [-0.2, -0.15) is 0 Å². The number of rotatable bonds is 11. The van der Waals surface area contributed by atoms with Crippen LogP contribution in [0.5, 0.6) is 0 Å². The highest BCUT2D eigenvalue weighted by Crippen LogP contribution is 2.25. The summed E-state index contributed by atoms with van der Waals surface area (Å²) in [6.45, 7) is 13.6. The van der Waals surface area contributed by atoms with Gasteiger partial charge in [0.05, 0.1) is 12.0 Å². The van der Waals surface area contributed by atoms with Crippen LogP contribution in [-0.2, 0) is 34.1 Å². The molecule has 0 spiro atoms. The molecule has 0 aliphatic heterocycles. The van der Waals surface area contributed by atoms with Crippen molar-refractivity contribution < 1.29 is 30.1 Å². The third-order valence-electron chi connectivity index (χ3n) is 5.20. The summed E-state index contributed by atoms with van der Waals surface area (Å²) >= 11 is 5.96. The van der Waals surface area contributed by atoms with Gasteiger partial charge in [-0.15, -0.1) is 0 Å². The van der Waals surface area contributed by atoms with Gasteiger partial charge in [-0.05, 0) is 71.6 Å². The number of nitrogens with one attached hydrogen (secondary N) is 2. The Bertz CT molecular complexity index is 927. The van der Waals surface area contributed by atoms with Crippen molar-refractivity contribution in [3.8, 4) is 0 Å². The van der Waals surface area contributed by atoms with E-state index in [0.717, 1.165) is 0 Å². The van der Waals surface area contributed by atoms with Gasteiger partial charge in [0.1, 0.15) is 17.7 Å². The second-order valence-electron chi connectivity index (χ2n) is 10.2. The van der Waals surface area contributed by atoms with E-state index in [1.54, 1.807) is 79.7 Å². The van der Waals surface area contributed by atoms with Crippen LogP contribution in [0.25, 0.3) is 0 Å². The monoisotopic (exact) mass is 511 g/mol. The van der Waals surface area contributed by atoms with Crippen LogP contribution in [0.3, 0.4) is 0 Å². The topological polar surface area (TPSA) is 111 Å². The maximum Gasteiger partial charge on any atom is 0.328 e. The maximum atomic E-state index is 13.3. The zero-order chi connectivity index (χ0) is 27.8. The SMILES string of the molecule is [2H]N(C(=O)C(C)(C)c1ccc(Cl)cc1)[C@H](C(=O)N[C@@H](CCC(=O)OC(C)(C)C)C(=O)OCC)C(C)C. The van der Waals surface area contributed by atoms with Crippen molar-refractivity contribution in [2.75, 3.05) is 6.61 Å². The molecule has 0 saturated heterocycles. The standard InChI is InChI=1S/C26H39ClN2O6/c1-9-34-23(32)19(14-15-20(30)35-25(4,5)6)28-22(31)21(16(2)3)29-24(33)26(7,8)17-10-12-18(27)13-11-17/h10-13,16,19,21H,9,14-15H2,1-8H3,(H,28,31)(H,29,33)/t19-,21-/m0/s1/i/hD. The van der Waals surface area contributed by atoms with Crippen LogP contribution in [0.15, 0.2) is 24.3 Å². The van der Waals surface area contributed by atoms with Crippen molar-refractivity contribution in [3.05, 3.63) is 34.9 Å². The van der Waals surface area contributed by atoms with E-state index in [0.29, 0.717) is 15.9 Å². The van der Waals surface area contributed by atoms with E-state index in [4.69, 9.17) is 22.5 Å². The number of hydrogen-bond donors (Lipinski definition) is 2. The average molecular weight is 512 g/mol. The normalized spacial score (nSPS) is 13.9. The number of hydrogen-bond acceptors (Lipinski definition) is 6. The first-order valence-corrected chi connectivity index (χ1v) is 12.2. The summed E-state index contributed by atoms with van der Waals surface area (Å²) in [6.07, 6.45) is -0.174. The molecule has 1 aromatic carbocycles. The minimum Gasteiger partial charge on any atom is -0.464 e. The largest absolute Gasteiger partial charge is 0.464 e. The Hall–Kier alpha value is -2.61. The highest BCUT2D eigenvalue weighted by molar-refractivity contribution is 6.30. The molecule has 1 rings (SSSR count). The van der Waals surface area contributed by atoms with Crippen LogP contribution in [0.1, 0.15) is 73.8 Å². The molecule has 2 N–H and O–H groups in total. The van der Waals surface area contributed by atoms with E-state index >= 15 is 0 Å². The van der Waals surface area contributed by atoms with Gasteiger partial charge >= 0.3 is 11.9 Å². The molecule has 0 saturated carbocycles. The second kappa shape index (κ2) is 12.9. The average Bonchev–Trinajstić information content (AvgIpc) is 2.75. The van der Waals surface area contributed by atoms with Crippen molar-refractivity contribution in [3.63, 3.8) is 0 Å². The molecule has 0 aliphatic rings. The number of carbonyl (C=O) groups excluding carboxylic acids is 4. The van der Waals surface area contributed by atoms with E-state index < -0.39 is 52.8 Å². The summed E-state index contributed by atoms with van der Waals surface area (Å²) in [5, 5.41) is 3.75. The Balaban J connectivity index is 3.09. The Morgan fingerprint density at radius 2 is 1.63 bits per heavy atom. The van der Waals surface area contributed by atoms with Crippen molar-refractivity contribution in [1.82, 2.24) is 10.6 Å². The molecule has 8 nitrogen and oxygen atoms in total. The number of carbonyl (C=O) groups is 4. The lowest BCUT2D eigenvalue weighted by Gasteiger charge is -2.30. The summed E-state index contributed by atoms with van der Waals surface area (Å²) in [5.41, 5.74) is -1.17. The fourth-order valence-corrected chi connectivity index (χ4v) is 3.32. The van der Waals surface area contributed by atoms with Crippen LogP contribution < -0.4 is 10.6 Å². The Kier molecular flexibility index (Phi) is 10.6. The lowest BCUT2D eigenvalue weighted by atomic mass is 9.83. The minimum atomic E-state index is -1.19. The van der Waals surface area contributed by atoms with Gasteiger partial charge in [0.2, 0.25) is 11.8 Å². The molecule has 0 aliphatic carbocycles. The molecule has 0 aromatic heterocycles. The molecule has 2 atom stereocenters. The zero-order valence-corrected chi connectivity index (χ0v) is 22.7. The Morgan fingerprint density at radius 1 is 1.06 bits per heavy atom. The lowest BCUT2D eigenvalue weighted by Crippen LogP contribution is -2.56. The van der Waals surface area contributed by atoms with Crippen LogP contribution in [-0.4, -0.2) is 48.0 Å². The first-order chi connectivity index (χ1) is 16.5. The fourth-order valence-electron chi connectivity index (χ4n) is 3.19. The molecular formula is C26H39ClN2O6. The first kappa shape index (κ1) is 28.6. The van der Waals surface area contributed by atoms with Crippen molar-refractivity contribution in [2.45, 2.75) is 91.3 Å². The summed E-state index contributed by atoms with van der Waals surface area (Å²) < 4.78 is 18.9. The molecule has 35 heavy (non-hydrogen) atoms. The van der Waals surface area contributed by atoms with E-state index in [1.165, 1.54) is 0 Å². The van der Waals surface area contributed by atoms with Crippen molar-refractivity contribution in [1.29, 1.82) is 0 Å². The zero-order valence-electron chi connectivity index (χ0n) is 22.9. The van der Waals surface area contributed by atoms with Gasteiger partial charge in [-0.3, -0.25) is 14.4 Å². The molecular weight excluding hydrogens is 472 g/mol. The van der Waals surface area contributed by atoms with Gasteiger partial charge in [0, 0.05) is 11.4 Å². The van der Waals surface area contributed by atoms with Gasteiger partial charge in [-0.25, -0.2) is 4.79 Å². The van der Waals surface area contributed by atoms with Crippen LogP contribution >= 0.6 is 11.6 Å². The van der Waals surface area contributed by atoms with E-state index in [1.807, 2.05) is 0 Å². The molecule has 0 bridgehead atoms. The quantitative estimate of drug-likeness (QED) is 0.435. The molecule has 0 fully saturated rings. The summed E-state index contributed by atoms with van der Waals surface area (Å²) in [7, 11) is 0. The number of esters is 2. The maximum absolute atomic E-state index is 13.3. The first-order valence-electron chi connectivity index (χ1n) is 12.2. The Morgan fingerprint density at radius 3 is 2.11 bits per heavy atom. The Labute approximate surface area is 214 Å². The molecule has 2 amide bonds. The van der Waals surface area contributed by atoms with Gasteiger partial charge in [0.15, 0.2) is 1.41 Å². The molecule has 0 radical (unpaired) electrons. The number of benzene rings is 1. The predicted molar refractivity (Wildman–Crippen MR) is 135 cm³/mol. The minimum absolute atomic E-state index is 0.0491. The molecule has 0 unspecified atom stereocenters. The third-order valence-corrected chi connectivity index (χ3v) is 5.45. The highest BCUT2D eigenvalue weighted by atomic mass is 35.5. The van der Waals surface area contributed by atoms with E-state index in [9.17, 15) is 19.2 Å². The summed E-state index contributed by atoms with van der Waals surface area (Å²) in [6, 6.07) is 4.38. The summed E-state index contributed by atoms with van der Waals surface area (Å²) in [4.78, 5) is 51.3. The van der Waals surface area contributed by atoms with Crippen LogP contribution in [0, 0.1) is 5.92 Å². The number of halogens is 1. The number of amides is 2. The molecule has 9 heteroatoms. The summed E-state index contributed by atoms with van der Waals surface area (Å²) in [5.74, 6) is -2.96. The number of ether oxygens (including phenoxy) is 2. The van der Waals surface area contributed by atoms with Crippen molar-refractivity contribution >= 4 is 35.4 Å². The smallest absolute Gasteiger partial charge is 0.328 e.